The number of benzene rings is 2. The molecule has 1 aliphatic heterocycles. The van der Waals surface area contributed by atoms with Crippen molar-refractivity contribution in [2.24, 2.45) is 0 Å². The monoisotopic (exact) mass is 409 g/mol. The van der Waals surface area contributed by atoms with Crippen molar-refractivity contribution < 1.29 is 4.79 Å². The smallest absolute Gasteiger partial charge is 0.229 e. The molecule has 5 rings (SSSR count). The van der Waals surface area contributed by atoms with Crippen LogP contribution in [-0.4, -0.2) is 33.9 Å². The molecule has 2 atom stereocenters. The van der Waals surface area contributed by atoms with Gasteiger partial charge in [0.25, 0.3) is 0 Å². The maximum absolute atomic E-state index is 13.3. The molecule has 3 heterocycles. The van der Waals surface area contributed by atoms with Gasteiger partial charge >= 0.3 is 0 Å². The summed E-state index contributed by atoms with van der Waals surface area (Å²) in [5.74, 6) is 0.385. The van der Waals surface area contributed by atoms with Crippen LogP contribution in [0.4, 0.5) is 0 Å². The van der Waals surface area contributed by atoms with Crippen LogP contribution in [0.3, 0.4) is 0 Å². The minimum Gasteiger partial charge on any atom is -0.358 e. The molecule has 2 aromatic carbocycles. The number of likely N-dealkylation sites (tertiary alicyclic amines) is 1. The van der Waals surface area contributed by atoms with Gasteiger partial charge in [0.15, 0.2) is 0 Å². The van der Waals surface area contributed by atoms with Crippen LogP contribution in [-0.2, 0) is 4.79 Å². The summed E-state index contributed by atoms with van der Waals surface area (Å²) in [5, 5.41) is 1.23. The second kappa shape index (κ2) is 8.38. The predicted octanol–water partition coefficient (Wildman–Crippen LogP) is 5.74. The van der Waals surface area contributed by atoms with Crippen molar-refractivity contribution in [2.45, 2.75) is 31.6 Å². The van der Waals surface area contributed by atoms with Gasteiger partial charge in [-0.25, -0.2) is 0 Å². The number of fused-ring (bicyclic) bond motifs is 1. The Morgan fingerprint density at radius 3 is 2.58 bits per heavy atom. The number of nitrogens with one attached hydrogen (secondary N) is 1. The summed E-state index contributed by atoms with van der Waals surface area (Å²) in [4.78, 5) is 23.3. The number of piperidine rings is 1. The molecule has 0 saturated carbocycles. The normalized spacial score (nSPS) is 17.6. The average Bonchev–Trinajstić information content (AvgIpc) is 3.24. The number of para-hydroxylation sites is 1. The summed E-state index contributed by atoms with van der Waals surface area (Å²) in [6, 6.07) is 22.7. The highest BCUT2D eigenvalue weighted by atomic mass is 16.2. The second-order valence-electron chi connectivity index (χ2n) is 8.45. The van der Waals surface area contributed by atoms with Crippen LogP contribution in [0.5, 0.6) is 0 Å². The van der Waals surface area contributed by atoms with Crippen LogP contribution in [0, 0.1) is 0 Å². The lowest BCUT2D eigenvalue weighted by Gasteiger charge is -2.34. The van der Waals surface area contributed by atoms with Crippen molar-refractivity contribution in [3.63, 3.8) is 0 Å². The second-order valence-corrected chi connectivity index (χ2v) is 8.45. The van der Waals surface area contributed by atoms with Gasteiger partial charge in [-0.2, -0.15) is 0 Å². The van der Waals surface area contributed by atoms with Crippen LogP contribution in [0.15, 0.2) is 79.1 Å². The van der Waals surface area contributed by atoms with E-state index in [2.05, 4.69) is 51.3 Å². The number of H-pyrrole nitrogens is 1. The lowest BCUT2D eigenvalue weighted by Crippen LogP contribution is -2.41. The SMILES string of the molecule is C[C@@H](C(=O)N1CCC[C@@H](c2[nH]c3ccccc3c2-c2ccncc2)C1)c1ccccc1. The number of nitrogens with zero attached hydrogens (tertiary/aromatic N) is 2. The summed E-state index contributed by atoms with van der Waals surface area (Å²) in [7, 11) is 0. The van der Waals surface area contributed by atoms with Crippen LogP contribution in [0.25, 0.3) is 22.0 Å². The number of pyridine rings is 1. The van der Waals surface area contributed by atoms with Crippen molar-refractivity contribution in [2.75, 3.05) is 13.1 Å². The van der Waals surface area contributed by atoms with E-state index in [1.165, 1.54) is 22.2 Å². The highest BCUT2D eigenvalue weighted by molar-refractivity contribution is 5.97. The molecule has 4 aromatic rings. The summed E-state index contributed by atoms with van der Waals surface area (Å²) in [6.07, 6.45) is 5.79. The number of carbonyl (C=O) groups is 1. The molecule has 0 radical (unpaired) electrons. The molecule has 0 aliphatic carbocycles. The van der Waals surface area contributed by atoms with Gasteiger partial charge < -0.3 is 9.88 Å². The Morgan fingerprint density at radius 2 is 1.77 bits per heavy atom. The number of rotatable bonds is 4. The van der Waals surface area contributed by atoms with E-state index in [0.29, 0.717) is 0 Å². The molecular weight excluding hydrogens is 382 g/mol. The predicted molar refractivity (Wildman–Crippen MR) is 125 cm³/mol. The largest absolute Gasteiger partial charge is 0.358 e. The Bertz CT molecular complexity index is 1180. The van der Waals surface area contributed by atoms with E-state index in [0.717, 1.165) is 37.0 Å². The number of aromatic nitrogens is 2. The van der Waals surface area contributed by atoms with Crippen molar-refractivity contribution in [3.05, 3.63) is 90.4 Å². The Balaban J connectivity index is 1.48. The number of amides is 1. The summed E-state index contributed by atoms with van der Waals surface area (Å²) in [6.45, 7) is 3.60. The minimum atomic E-state index is -0.123. The maximum atomic E-state index is 13.3. The molecule has 1 aliphatic rings. The zero-order valence-electron chi connectivity index (χ0n) is 17.8. The van der Waals surface area contributed by atoms with Crippen LogP contribution >= 0.6 is 0 Å². The molecular formula is C27H27N3O. The van der Waals surface area contributed by atoms with E-state index in [4.69, 9.17) is 0 Å². The van der Waals surface area contributed by atoms with Gasteiger partial charge in [-0.05, 0) is 49.1 Å². The molecule has 0 bridgehead atoms. The van der Waals surface area contributed by atoms with E-state index >= 15 is 0 Å². The van der Waals surface area contributed by atoms with E-state index in [9.17, 15) is 4.79 Å². The van der Waals surface area contributed by atoms with E-state index in [1.54, 1.807) is 0 Å². The van der Waals surface area contributed by atoms with Gasteiger partial charge in [-0.3, -0.25) is 9.78 Å². The van der Waals surface area contributed by atoms with Gasteiger partial charge in [-0.1, -0.05) is 48.5 Å². The first-order valence-corrected chi connectivity index (χ1v) is 11.1. The van der Waals surface area contributed by atoms with Crippen LogP contribution in [0.2, 0.25) is 0 Å². The van der Waals surface area contributed by atoms with Crippen molar-refractivity contribution >= 4 is 16.8 Å². The molecule has 0 spiro atoms. The molecule has 0 unspecified atom stereocenters. The Labute approximate surface area is 182 Å². The summed E-state index contributed by atoms with van der Waals surface area (Å²) >= 11 is 0. The zero-order chi connectivity index (χ0) is 21.2. The van der Waals surface area contributed by atoms with E-state index < -0.39 is 0 Å². The third-order valence-electron chi connectivity index (χ3n) is 6.52. The Morgan fingerprint density at radius 1 is 1.03 bits per heavy atom. The van der Waals surface area contributed by atoms with Gasteiger partial charge in [0.2, 0.25) is 5.91 Å². The highest BCUT2D eigenvalue weighted by Gasteiger charge is 2.30. The Hall–Kier alpha value is -3.40. The molecule has 1 fully saturated rings. The first-order valence-electron chi connectivity index (χ1n) is 11.1. The van der Waals surface area contributed by atoms with Crippen LogP contribution in [0.1, 0.15) is 42.9 Å². The average molecular weight is 410 g/mol. The summed E-state index contributed by atoms with van der Waals surface area (Å²) in [5.41, 5.74) is 5.87. The number of aromatic amines is 1. The molecule has 2 aromatic heterocycles. The quantitative estimate of drug-likeness (QED) is 0.467. The van der Waals surface area contributed by atoms with Crippen molar-refractivity contribution in [1.82, 2.24) is 14.9 Å². The molecule has 4 heteroatoms. The van der Waals surface area contributed by atoms with Gasteiger partial charge in [0.05, 0.1) is 5.92 Å². The fourth-order valence-electron chi connectivity index (χ4n) is 4.87. The standard InChI is InChI=1S/C27H27N3O/c1-19(20-8-3-2-4-9-20)27(31)30-17-7-10-22(18-30)26-25(21-13-15-28-16-14-21)23-11-5-6-12-24(23)29-26/h2-6,8-9,11-16,19,22,29H,7,10,17-18H2,1H3/t19-,22-/m1/s1. The van der Waals surface area contributed by atoms with Crippen molar-refractivity contribution in [3.8, 4) is 11.1 Å². The number of hydrogen-bond donors (Lipinski definition) is 1. The fraction of sp³-hybridized carbons (Fsp3) is 0.259. The topological polar surface area (TPSA) is 49.0 Å². The van der Waals surface area contributed by atoms with Crippen LogP contribution < -0.4 is 0 Å². The van der Waals surface area contributed by atoms with Gasteiger partial charge in [0.1, 0.15) is 0 Å². The minimum absolute atomic E-state index is 0.123. The lowest BCUT2D eigenvalue weighted by atomic mass is 9.89. The maximum Gasteiger partial charge on any atom is 0.229 e. The van der Waals surface area contributed by atoms with E-state index in [-0.39, 0.29) is 17.7 Å². The molecule has 31 heavy (non-hydrogen) atoms. The third kappa shape index (κ3) is 3.74. The first-order chi connectivity index (χ1) is 15.2. The molecule has 4 nitrogen and oxygen atoms in total. The molecule has 156 valence electrons. The van der Waals surface area contributed by atoms with Gasteiger partial charge in [-0.15, -0.1) is 0 Å². The Kier molecular flexibility index (Phi) is 5.29. The number of hydrogen-bond acceptors (Lipinski definition) is 2. The zero-order valence-corrected chi connectivity index (χ0v) is 17.8. The third-order valence-corrected chi connectivity index (χ3v) is 6.52. The van der Waals surface area contributed by atoms with Crippen molar-refractivity contribution in [1.29, 1.82) is 0 Å². The number of carbonyl (C=O) groups excluding carboxylic acids is 1. The molecule has 1 N–H and O–H groups in total. The highest BCUT2D eigenvalue weighted by Crippen LogP contribution is 2.39. The summed E-state index contributed by atoms with van der Waals surface area (Å²) < 4.78 is 0. The molecule has 1 amide bonds. The van der Waals surface area contributed by atoms with Gasteiger partial charge in [0, 0.05) is 53.6 Å². The molecule has 1 saturated heterocycles. The lowest BCUT2D eigenvalue weighted by molar-refractivity contribution is -0.133. The fourth-order valence-corrected chi connectivity index (χ4v) is 4.87. The van der Waals surface area contributed by atoms with E-state index in [1.807, 2.05) is 49.6 Å². The first kappa shape index (κ1) is 19.6.